The maximum atomic E-state index is 11.9. The third-order valence-electron chi connectivity index (χ3n) is 5.47. The molecule has 0 aliphatic heterocycles. The van der Waals surface area contributed by atoms with E-state index in [0.29, 0.717) is 30.2 Å². The van der Waals surface area contributed by atoms with E-state index in [9.17, 15) is 4.79 Å². The summed E-state index contributed by atoms with van der Waals surface area (Å²) in [5.41, 5.74) is 5.05. The zero-order chi connectivity index (χ0) is 24.6. The van der Waals surface area contributed by atoms with Gasteiger partial charge in [-0.2, -0.15) is 10.4 Å². The van der Waals surface area contributed by atoms with Crippen molar-refractivity contribution in [2.45, 2.75) is 32.8 Å². The number of carbonyl (C=O) groups is 1. The summed E-state index contributed by atoms with van der Waals surface area (Å²) in [6.45, 7) is 4.20. The van der Waals surface area contributed by atoms with E-state index in [-0.39, 0.29) is 18.3 Å². The molecule has 7 nitrogen and oxygen atoms in total. The lowest BCUT2D eigenvalue weighted by Gasteiger charge is -2.13. The summed E-state index contributed by atoms with van der Waals surface area (Å²) < 4.78 is 12.9. The van der Waals surface area contributed by atoms with Crippen molar-refractivity contribution in [1.82, 2.24) is 14.6 Å². The minimum Gasteiger partial charge on any atom is -0.489 e. The first kappa shape index (κ1) is 23.5. The van der Waals surface area contributed by atoms with Gasteiger partial charge in [-0.3, -0.25) is 4.79 Å². The van der Waals surface area contributed by atoms with Gasteiger partial charge in [0.15, 0.2) is 5.65 Å². The van der Waals surface area contributed by atoms with Crippen molar-refractivity contribution in [1.29, 1.82) is 5.26 Å². The number of nitriles is 1. The lowest BCUT2D eigenvalue weighted by atomic mass is 9.96. The van der Waals surface area contributed by atoms with E-state index < -0.39 is 0 Å². The molecule has 0 aliphatic carbocycles. The van der Waals surface area contributed by atoms with Gasteiger partial charge in [-0.15, -0.1) is 5.92 Å². The van der Waals surface area contributed by atoms with Crippen LogP contribution >= 0.6 is 0 Å². The van der Waals surface area contributed by atoms with Crippen molar-refractivity contribution in [3.63, 3.8) is 0 Å². The van der Waals surface area contributed by atoms with Gasteiger partial charge in [-0.1, -0.05) is 30.2 Å². The Bertz CT molecular complexity index is 1420. The average molecular weight is 465 g/mol. The molecule has 0 saturated carbocycles. The molecule has 0 fully saturated rings. The van der Waals surface area contributed by atoms with Gasteiger partial charge in [0.25, 0.3) is 0 Å². The maximum Gasteiger partial charge on any atom is 0.307 e. The molecule has 2 aromatic heterocycles. The quantitative estimate of drug-likeness (QED) is 0.272. The van der Waals surface area contributed by atoms with Gasteiger partial charge in [0.2, 0.25) is 0 Å². The molecule has 7 heteroatoms. The van der Waals surface area contributed by atoms with Gasteiger partial charge in [0, 0.05) is 17.3 Å². The molecular weight excluding hydrogens is 440 g/mol. The van der Waals surface area contributed by atoms with Crippen molar-refractivity contribution < 1.29 is 14.3 Å². The summed E-state index contributed by atoms with van der Waals surface area (Å²) in [7, 11) is 0. The number of fused-ring (bicyclic) bond motifs is 1. The number of aromatic nitrogens is 3. The van der Waals surface area contributed by atoms with Crippen LogP contribution in [-0.4, -0.2) is 27.2 Å². The highest BCUT2D eigenvalue weighted by molar-refractivity contribution is 5.71. The fraction of sp³-hybridized carbons (Fsp3) is 0.214. The zero-order valence-corrected chi connectivity index (χ0v) is 19.6. The minimum atomic E-state index is -0.264. The molecule has 0 unspecified atom stereocenters. The number of hydrogen-bond acceptors (Lipinski definition) is 6. The average Bonchev–Trinajstić information content (AvgIpc) is 3.36. The van der Waals surface area contributed by atoms with Gasteiger partial charge in [0.05, 0.1) is 30.6 Å². The third kappa shape index (κ3) is 5.66. The number of benzene rings is 2. The monoisotopic (exact) mass is 464 g/mol. The Hall–Kier alpha value is -4.62. The first-order valence-corrected chi connectivity index (χ1v) is 11.2. The van der Waals surface area contributed by atoms with Crippen LogP contribution in [0.2, 0.25) is 0 Å². The van der Waals surface area contributed by atoms with E-state index in [1.54, 1.807) is 30.5 Å². The minimum absolute atomic E-state index is 0.210. The molecule has 1 atom stereocenters. The molecule has 4 aromatic rings. The van der Waals surface area contributed by atoms with E-state index in [4.69, 9.17) is 14.7 Å². The smallest absolute Gasteiger partial charge is 0.307 e. The summed E-state index contributed by atoms with van der Waals surface area (Å²) in [5.74, 6) is 6.18. The highest BCUT2D eigenvalue weighted by Gasteiger charge is 2.15. The normalized spacial score (nSPS) is 11.2. The third-order valence-corrected chi connectivity index (χ3v) is 5.47. The largest absolute Gasteiger partial charge is 0.489 e. The van der Waals surface area contributed by atoms with Crippen LogP contribution in [0.5, 0.6) is 5.75 Å². The number of pyridine rings is 1. The van der Waals surface area contributed by atoms with Crippen LogP contribution in [0.15, 0.2) is 67.1 Å². The molecule has 0 spiro atoms. The Labute approximate surface area is 204 Å². The van der Waals surface area contributed by atoms with Crippen LogP contribution in [-0.2, 0) is 16.1 Å². The fourth-order valence-corrected chi connectivity index (χ4v) is 3.77. The Morgan fingerprint density at radius 3 is 2.57 bits per heavy atom. The topological polar surface area (TPSA) is 89.5 Å². The maximum absolute atomic E-state index is 11.9. The summed E-state index contributed by atoms with van der Waals surface area (Å²) >= 11 is 0. The molecule has 0 radical (unpaired) electrons. The first-order valence-electron chi connectivity index (χ1n) is 11.2. The number of nitrogens with zero attached hydrogens (tertiary/aromatic N) is 4. The van der Waals surface area contributed by atoms with Gasteiger partial charge in [-0.05, 0) is 55.3 Å². The van der Waals surface area contributed by atoms with Gasteiger partial charge in [0.1, 0.15) is 18.7 Å². The second-order valence-electron chi connectivity index (χ2n) is 7.79. The van der Waals surface area contributed by atoms with Crippen LogP contribution in [0.25, 0.3) is 16.8 Å². The number of carbonyl (C=O) groups excluding carboxylic acids is 1. The van der Waals surface area contributed by atoms with Crippen LogP contribution < -0.4 is 4.74 Å². The highest BCUT2D eigenvalue weighted by atomic mass is 16.5. The van der Waals surface area contributed by atoms with E-state index >= 15 is 0 Å². The molecule has 35 heavy (non-hydrogen) atoms. The van der Waals surface area contributed by atoms with Crippen LogP contribution in [0.1, 0.15) is 42.9 Å². The molecule has 0 amide bonds. The summed E-state index contributed by atoms with van der Waals surface area (Å²) in [4.78, 5) is 16.3. The highest BCUT2D eigenvalue weighted by Crippen LogP contribution is 2.26. The molecule has 2 heterocycles. The number of hydrogen-bond donors (Lipinski definition) is 0. The summed E-state index contributed by atoms with van der Waals surface area (Å²) in [5, 5.41) is 13.3. The lowest BCUT2D eigenvalue weighted by Crippen LogP contribution is -2.09. The van der Waals surface area contributed by atoms with E-state index in [1.807, 2.05) is 48.7 Å². The molecule has 0 N–H and O–H groups in total. The second kappa shape index (κ2) is 11.0. The van der Waals surface area contributed by atoms with E-state index in [0.717, 1.165) is 22.3 Å². The Kier molecular flexibility index (Phi) is 7.40. The van der Waals surface area contributed by atoms with Crippen LogP contribution in [0.3, 0.4) is 0 Å². The van der Waals surface area contributed by atoms with Gasteiger partial charge < -0.3 is 9.47 Å². The van der Waals surface area contributed by atoms with Crippen LogP contribution in [0, 0.1) is 23.2 Å². The second-order valence-corrected chi connectivity index (χ2v) is 7.79. The lowest BCUT2D eigenvalue weighted by molar-refractivity contribution is -0.143. The molecule has 2 aromatic carbocycles. The number of esters is 1. The zero-order valence-electron chi connectivity index (χ0n) is 19.6. The fourth-order valence-electron chi connectivity index (χ4n) is 3.77. The van der Waals surface area contributed by atoms with Crippen molar-refractivity contribution in [2.75, 3.05) is 6.61 Å². The van der Waals surface area contributed by atoms with Gasteiger partial charge >= 0.3 is 5.97 Å². The van der Waals surface area contributed by atoms with E-state index in [1.165, 1.54) is 6.33 Å². The predicted molar refractivity (Wildman–Crippen MR) is 131 cm³/mol. The van der Waals surface area contributed by atoms with Crippen molar-refractivity contribution in [2.24, 2.45) is 0 Å². The van der Waals surface area contributed by atoms with Gasteiger partial charge in [-0.25, -0.2) is 9.50 Å². The van der Waals surface area contributed by atoms with Crippen molar-refractivity contribution in [3.05, 3.63) is 83.8 Å². The summed E-state index contributed by atoms with van der Waals surface area (Å²) in [6.07, 6.45) is 3.62. The molecule has 174 valence electrons. The van der Waals surface area contributed by atoms with E-state index in [2.05, 4.69) is 28.0 Å². The Morgan fingerprint density at radius 1 is 1.11 bits per heavy atom. The molecule has 0 bridgehead atoms. The molecular formula is C28H24N4O3. The van der Waals surface area contributed by atoms with Crippen molar-refractivity contribution >= 4 is 11.6 Å². The van der Waals surface area contributed by atoms with Crippen LogP contribution in [0.4, 0.5) is 0 Å². The Morgan fingerprint density at radius 2 is 1.89 bits per heavy atom. The SMILES string of the molecule is CC#C[C@@H](CC(=O)OCC)c1ccc(OCc2cc(-c3ccc(C#N)cc3)cn3ncnc23)cc1. The number of rotatable bonds is 8. The molecule has 4 rings (SSSR count). The predicted octanol–water partition coefficient (Wildman–Crippen LogP) is 4.91. The van der Waals surface area contributed by atoms with Crippen molar-refractivity contribution in [3.8, 4) is 34.8 Å². The molecule has 0 aliphatic rings. The standard InChI is InChI=1S/C28H24N4O3/c1-3-5-23(15-27(33)34-4-2)21-10-12-26(13-11-21)35-18-25-14-24(17-32-28(25)30-19-31-32)22-8-6-20(16-29)7-9-22/h6-14,17,19,23H,4,15,18H2,1-2H3/t23-/m0/s1. The first-order chi connectivity index (χ1) is 17.1. The Balaban J connectivity index is 1.52. The molecule has 0 saturated heterocycles. The summed E-state index contributed by atoms with van der Waals surface area (Å²) in [6, 6.07) is 19.1. The number of ether oxygens (including phenoxy) is 2.